The number of benzene rings is 1. The lowest BCUT2D eigenvalue weighted by Crippen LogP contribution is -1.86. The van der Waals surface area contributed by atoms with Crippen molar-refractivity contribution in [3.05, 3.63) is 28.2 Å². The van der Waals surface area contributed by atoms with Gasteiger partial charge in [-0.05, 0) is 46.5 Å². The Morgan fingerprint density at radius 3 is 2.67 bits per heavy atom. The van der Waals surface area contributed by atoms with Crippen LogP contribution in [-0.4, -0.2) is 5.33 Å². The van der Waals surface area contributed by atoms with E-state index in [4.69, 9.17) is 0 Å². The SMILES string of the molecule is Sc1ccc(CCCBr)cc1Br. The number of halogens is 2. The molecule has 0 amide bonds. The van der Waals surface area contributed by atoms with Crippen LogP contribution in [0.4, 0.5) is 0 Å². The van der Waals surface area contributed by atoms with E-state index in [2.05, 4.69) is 56.6 Å². The van der Waals surface area contributed by atoms with Gasteiger partial charge in [0.25, 0.3) is 0 Å². The van der Waals surface area contributed by atoms with Gasteiger partial charge in [-0.2, -0.15) is 0 Å². The van der Waals surface area contributed by atoms with Gasteiger partial charge in [0.2, 0.25) is 0 Å². The predicted molar refractivity (Wildman–Crippen MR) is 63.5 cm³/mol. The van der Waals surface area contributed by atoms with E-state index in [1.165, 1.54) is 12.0 Å². The van der Waals surface area contributed by atoms with Gasteiger partial charge >= 0.3 is 0 Å². The molecule has 3 heteroatoms. The summed E-state index contributed by atoms with van der Waals surface area (Å²) in [6.45, 7) is 0. The van der Waals surface area contributed by atoms with Gasteiger partial charge in [-0.15, -0.1) is 12.6 Å². The summed E-state index contributed by atoms with van der Waals surface area (Å²) in [6.07, 6.45) is 2.30. The Balaban J connectivity index is 2.69. The number of hydrogen-bond donors (Lipinski definition) is 1. The van der Waals surface area contributed by atoms with Crippen LogP contribution >= 0.6 is 44.5 Å². The second-order valence-corrected chi connectivity index (χ2v) is 4.71. The fourth-order valence-electron chi connectivity index (χ4n) is 0.977. The summed E-state index contributed by atoms with van der Waals surface area (Å²) in [5.74, 6) is 0. The van der Waals surface area contributed by atoms with Gasteiger partial charge in [-0.3, -0.25) is 0 Å². The van der Waals surface area contributed by atoms with Crippen LogP contribution < -0.4 is 0 Å². The summed E-state index contributed by atoms with van der Waals surface area (Å²) < 4.78 is 1.08. The minimum absolute atomic E-state index is 0.998. The molecule has 1 aromatic carbocycles. The fraction of sp³-hybridized carbons (Fsp3) is 0.333. The molecule has 0 unspecified atom stereocenters. The van der Waals surface area contributed by atoms with Crippen LogP contribution in [-0.2, 0) is 6.42 Å². The molecular weight excluding hydrogens is 300 g/mol. The summed E-state index contributed by atoms with van der Waals surface area (Å²) in [5.41, 5.74) is 1.36. The van der Waals surface area contributed by atoms with Gasteiger partial charge in [0.15, 0.2) is 0 Å². The van der Waals surface area contributed by atoms with Crippen molar-refractivity contribution in [3.63, 3.8) is 0 Å². The maximum atomic E-state index is 4.28. The van der Waals surface area contributed by atoms with Crippen molar-refractivity contribution < 1.29 is 0 Å². The Morgan fingerprint density at radius 2 is 2.08 bits per heavy atom. The molecular formula is C9H10Br2S. The van der Waals surface area contributed by atoms with Crippen molar-refractivity contribution in [1.82, 2.24) is 0 Å². The molecule has 0 N–H and O–H groups in total. The molecule has 0 bridgehead atoms. The minimum atomic E-state index is 0.998. The number of aryl methyl sites for hydroxylation is 1. The van der Waals surface area contributed by atoms with Crippen molar-refractivity contribution in [2.45, 2.75) is 17.7 Å². The molecule has 0 fully saturated rings. The zero-order valence-corrected chi connectivity index (χ0v) is 10.6. The highest BCUT2D eigenvalue weighted by Crippen LogP contribution is 2.22. The summed E-state index contributed by atoms with van der Waals surface area (Å²) in [5, 5.41) is 1.06. The first-order valence-corrected chi connectivity index (χ1v) is 6.13. The lowest BCUT2D eigenvalue weighted by atomic mass is 10.1. The van der Waals surface area contributed by atoms with Crippen molar-refractivity contribution >= 4 is 44.5 Å². The van der Waals surface area contributed by atoms with E-state index >= 15 is 0 Å². The van der Waals surface area contributed by atoms with Crippen LogP contribution in [0.15, 0.2) is 27.6 Å². The van der Waals surface area contributed by atoms with Gasteiger partial charge < -0.3 is 0 Å². The van der Waals surface area contributed by atoms with Gasteiger partial charge in [-0.25, -0.2) is 0 Å². The summed E-state index contributed by atoms with van der Waals surface area (Å²) in [7, 11) is 0. The third-order valence-electron chi connectivity index (χ3n) is 1.61. The smallest absolute Gasteiger partial charge is 0.0311 e. The monoisotopic (exact) mass is 308 g/mol. The average molecular weight is 310 g/mol. The quantitative estimate of drug-likeness (QED) is 0.631. The van der Waals surface area contributed by atoms with Crippen LogP contribution in [0.25, 0.3) is 0 Å². The molecule has 0 saturated heterocycles. The number of thiol groups is 1. The van der Waals surface area contributed by atoms with Gasteiger partial charge in [-0.1, -0.05) is 22.0 Å². The Bertz CT molecular complexity index is 261. The highest BCUT2D eigenvalue weighted by molar-refractivity contribution is 9.10. The molecule has 1 rings (SSSR count). The van der Waals surface area contributed by atoms with Crippen molar-refractivity contribution in [3.8, 4) is 0 Å². The zero-order valence-electron chi connectivity index (χ0n) is 6.56. The molecule has 0 nitrogen and oxygen atoms in total. The summed E-state index contributed by atoms with van der Waals surface area (Å²) in [4.78, 5) is 0.998. The molecule has 0 aliphatic rings. The Morgan fingerprint density at radius 1 is 1.33 bits per heavy atom. The highest BCUT2D eigenvalue weighted by atomic mass is 79.9. The molecule has 66 valence electrons. The second kappa shape index (κ2) is 5.30. The largest absolute Gasteiger partial charge is 0.142 e. The number of rotatable bonds is 3. The standard InChI is InChI=1S/C9H10Br2S/c10-5-1-2-7-3-4-9(12)8(11)6-7/h3-4,6,12H,1-2,5H2. The summed E-state index contributed by atoms with van der Waals surface area (Å²) >= 11 is 11.1. The molecule has 0 aliphatic heterocycles. The van der Waals surface area contributed by atoms with Crippen molar-refractivity contribution in [2.24, 2.45) is 0 Å². The van der Waals surface area contributed by atoms with Crippen molar-refractivity contribution in [1.29, 1.82) is 0 Å². The fourth-order valence-corrected chi connectivity index (χ4v) is 1.82. The molecule has 0 aromatic heterocycles. The van der Waals surface area contributed by atoms with E-state index < -0.39 is 0 Å². The average Bonchev–Trinajstić information content (AvgIpc) is 2.07. The molecule has 1 aromatic rings. The van der Waals surface area contributed by atoms with Crippen LogP contribution in [0.5, 0.6) is 0 Å². The second-order valence-electron chi connectivity index (χ2n) is 2.58. The van der Waals surface area contributed by atoms with E-state index in [-0.39, 0.29) is 0 Å². The third kappa shape index (κ3) is 3.11. The van der Waals surface area contributed by atoms with Gasteiger partial charge in [0.1, 0.15) is 0 Å². The van der Waals surface area contributed by atoms with Crippen LogP contribution in [0.1, 0.15) is 12.0 Å². The Hall–Kier alpha value is 0.530. The number of hydrogen-bond acceptors (Lipinski definition) is 1. The molecule has 0 spiro atoms. The van der Waals surface area contributed by atoms with Crippen LogP contribution in [0, 0.1) is 0 Å². The Kier molecular flexibility index (Phi) is 4.69. The predicted octanol–water partition coefficient (Wildman–Crippen LogP) is 4.07. The van der Waals surface area contributed by atoms with E-state index in [0.717, 1.165) is 21.1 Å². The van der Waals surface area contributed by atoms with E-state index in [0.29, 0.717) is 0 Å². The van der Waals surface area contributed by atoms with Crippen LogP contribution in [0.3, 0.4) is 0 Å². The van der Waals surface area contributed by atoms with Gasteiger partial charge in [0, 0.05) is 14.7 Å². The van der Waals surface area contributed by atoms with E-state index in [1.54, 1.807) is 0 Å². The maximum absolute atomic E-state index is 4.28. The first-order valence-electron chi connectivity index (χ1n) is 3.77. The third-order valence-corrected chi connectivity index (χ3v) is 3.52. The van der Waals surface area contributed by atoms with E-state index in [9.17, 15) is 0 Å². The first kappa shape index (κ1) is 10.6. The maximum Gasteiger partial charge on any atom is 0.0311 e. The molecule has 12 heavy (non-hydrogen) atoms. The van der Waals surface area contributed by atoms with Crippen LogP contribution in [0.2, 0.25) is 0 Å². The molecule has 0 heterocycles. The highest BCUT2D eigenvalue weighted by Gasteiger charge is 1.97. The lowest BCUT2D eigenvalue weighted by Gasteiger charge is -2.01. The normalized spacial score (nSPS) is 10.2. The topological polar surface area (TPSA) is 0 Å². The summed E-state index contributed by atoms with van der Waals surface area (Å²) in [6, 6.07) is 6.28. The number of alkyl halides is 1. The molecule has 0 saturated carbocycles. The minimum Gasteiger partial charge on any atom is -0.142 e. The Labute approximate surface area is 95.4 Å². The van der Waals surface area contributed by atoms with E-state index in [1.807, 2.05) is 6.07 Å². The molecule has 0 aliphatic carbocycles. The molecule has 0 atom stereocenters. The zero-order chi connectivity index (χ0) is 8.97. The molecule has 0 radical (unpaired) electrons. The first-order chi connectivity index (χ1) is 5.74. The van der Waals surface area contributed by atoms with Gasteiger partial charge in [0.05, 0.1) is 0 Å². The lowest BCUT2D eigenvalue weighted by molar-refractivity contribution is 0.936. The van der Waals surface area contributed by atoms with Crippen molar-refractivity contribution in [2.75, 3.05) is 5.33 Å².